The number of nitrogens with zero attached hydrogens (tertiary/aromatic N) is 3. The molecule has 3 rings (SSSR count). The van der Waals surface area contributed by atoms with Crippen molar-refractivity contribution in [2.45, 2.75) is 45.1 Å². The number of benzene rings is 1. The van der Waals surface area contributed by atoms with Gasteiger partial charge in [-0.15, -0.1) is 0 Å². The molecule has 1 atom stereocenters. The Morgan fingerprint density at radius 1 is 1.17 bits per heavy atom. The summed E-state index contributed by atoms with van der Waals surface area (Å²) >= 11 is 0. The molecule has 0 saturated carbocycles. The number of hydrogen-bond donors (Lipinski definition) is 0. The smallest absolute Gasteiger partial charge is 0.156 e. The third-order valence-electron chi connectivity index (χ3n) is 3.51. The van der Waals surface area contributed by atoms with E-state index in [1.165, 1.54) is 5.56 Å². The average Bonchev–Trinajstić information content (AvgIpc) is 2.88. The van der Waals surface area contributed by atoms with Crippen molar-refractivity contribution in [1.29, 1.82) is 0 Å². The van der Waals surface area contributed by atoms with Gasteiger partial charge in [0.05, 0.1) is 0 Å². The van der Waals surface area contributed by atoms with Crippen LogP contribution in [-0.2, 0) is 12.0 Å². The van der Waals surface area contributed by atoms with E-state index >= 15 is 0 Å². The summed E-state index contributed by atoms with van der Waals surface area (Å²) in [6.45, 7) is 7.47. The molecule has 1 aromatic carbocycles. The fourth-order valence-electron chi connectivity index (χ4n) is 2.48. The molecule has 1 aromatic heterocycles. The van der Waals surface area contributed by atoms with Crippen LogP contribution < -0.4 is 0 Å². The van der Waals surface area contributed by atoms with E-state index in [1.54, 1.807) is 0 Å². The largest absolute Gasteiger partial charge is 0.249 e. The van der Waals surface area contributed by atoms with Crippen molar-refractivity contribution in [3.63, 3.8) is 0 Å². The SMILES string of the molecule is CC(C)(C)c1nc2n(n1)CCC2c1ccccc1. The van der Waals surface area contributed by atoms with Crippen LogP contribution in [0, 0.1) is 0 Å². The molecular formula is C15H19N3. The van der Waals surface area contributed by atoms with Gasteiger partial charge in [-0.2, -0.15) is 5.10 Å². The monoisotopic (exact) mass is 241 g/mol. The molecule has 0 saturated heterocycles. The zero-order valence-corrected chi connectivity index (χ0v) is 11.2. The average molecular weight is 241 g/mol. The van der Waals surface area contributed by atoms with Crippen LogP contribution in [0.1, 0.15) is 50.3 Å². The van der Waals surface area contributed by atoms with Crippen molar-refractivity contribution in [2.24, 2.45) is 0 Å². The molecule has 94 valence electrons. The van der Waals surface area contributed by atoms with Gasteiger partial charge in [-0.1, -0.05) is 51.1 Å². The Labute approximate surface area is 108 Å². The molecule has 1 unspecified atom stereocenters. The molecule has 0 aliphatic carbocycles. The Hall–Kier alpha value is -1.64. The summed E-state index contributed by atoms with van der Waals surface area (Å²) in [7, 11) is 0. The summed E-state index contributed by atoms with van der Waals surface area (Å²) < 4.78 is 2.08. The van der Waals surface area contributed by atoms with Gasteiger partial charge in [0.2, 0.25) is 0 Å². The lowest BCUT2D eigenvalue weighted by Crippen LogP contribution is -2.14. The number of aryl methyl sites for hydroxylation is 1. The molecule has 0 fully saturated rings. The quantitative estimate of drug-likeness (QED) is 0.768. The first-order valence-electron chi connectivity index (χ1n) is 6.56. The normalized spacial score (nSPS) is 18.9. The molecule has 18 heavy (non-hydrogen) atoms. The van der Waals surface area contributed by atoms with Crippen molar-refractivity contribution >= 4 is 0 Å². The minimum absolute atomic E-state index is 0.0264. The van der Waals surface area contributed by atoms with Crippen molar-refractivity contribution in [3.05, 3.63) is 47.5 Å². The summed E-state index contributed by atoms with van der Waals surface area (Å²) in [6, 6.07) is 10.6. The Bertz CT molecular complexity index is 549. The van der Waals surface area contributed by atoms with E-state index in [2.05, 4.69) is 60.9 Å². The van der Waals surface area contributed by atoms with Crippen LogP contribution in [-0.4, -0.2) is 14.8 Å². The molecule has 0 radical (unpaired) electrons. The van der Waals surface area contributed by atoms with Crippen molar-refractivity contribution in [2.75, 3.05) is 0 Å². The van der Waals surface area contributed by atoms with Gasteiger partial charge in [0.1, 0.15) is 5.82 Å². The maximum absolute atomic E-state index is 4.77. The van der Waals surface area contributed by atoms with Crippen LogP contribution in [0.5, 0.6) is 0 Å². The number of fused-ring (bicyclic) bond motifs is 1. The maximum Gasteiger partial charge on any atom is 0.156 e. The summed E-state index contributed by atoms with van der Waals surface area (Å²) in [4.78, 5) is 4.77. The number of rotatable bonds is 1. The van der Waals surface area contributed by atoms with Gasteiger partial charge < -0.3 is 0 Å². The predicted molar refractivity (Wildman–Crippen MR) is 71.6 cm³/mol. The first-order valence-corrected chi connectivity index (χ1v) is 6.56. The Morgan fingerprint density at radius 2 is 1.89 bits per heavy atom. The van der Waals surface area contributed by atoms with E-state index in [0.29, 0.717) is 5.92 Å². The second-order valence-corrected chi connectivity index (χ2v) is 6.02. The van der Waals surface area contributed by atoms with Gasteiger partial charge in [-0.3, -0.25) is 0 Å². The molecule has 0 N–H and O–H groups in total. The molecule has 2 heterocycles. The van der Waals surface area contributed by atoms with Gasteiger partial charge in [-0.25, -0.2) is 9.67 Å². The van der Waals surface area contributed by atoms with Crippen molar-refractivity contribution in [1.82, 2.24) is 14.8 Å². The molecule has 1 aliphatic heterocycles. The van der Waals surface area contributed by atoms with E-state index in [4.69, 9.17) is 4.98 Å². The lowest BCUT2D eigenvalue weighted by atomic mass is 9.95. The Balaban J connectivity index is 1.99. The van der Waals surface area contributed by atoms with Gasteiger partial charge in [0.25, 0.3) is 0 Å². The molecular weight excluding hydrogens is 222 g/mol. The van der Waals surface area contributed by atoms with Crippen molar-refractivity contribution in [3.8, 4) is 0 Å². The van der Waals surface area contributed by atoms with Gasteiger partial charge in [0, 0.05) is 17.9 Å². The summed E-state index contributed by atoms with van der Waals surface area (Å²) in [6.07, 6.45) is 1.11. The van der Waals surface area contributed by atoms with Crippen LogP contribution >= 0.6 is 0 Å². The van der Waals surface area contributed by atoms with E-state index < -0.39 is 0 Å². The van der Waals surface area contributed by atoms with Crippen LogP contribution in [0.4, 0.5) is 0 Å². The summed E-state index contributed by atoms with van der Waals surface area (Å²) in [5.41, 5.74) is 1.38. The van der Waals surface area contributed by atoms with Crippen molar-refractivity contribution < 1.29 is 0 Å². The first-order chi connectivity index (χ1) is 8.55. The minimum atomic E-state index is 0.0264. The second kappa shape index (κ2) is 3.94. The fourth-order valence-corrected chi connectivity index (χ4v) is 2.48. The first kappa shape index (κ1) is 11.5. The third kappa shape index (κ3) is 1.84. The standard InChI is InChI=1S/C15H19N3/c1-15(2,3)14-16-13-12(9-10-18(13)17-14)11-7-5-4-6-8-11/h4-8,12H,9-10H2,1-3H3. The fraction of sp³-hybridized carbons (Fsp3) is 0.467. The van der Waals surface area contributed by atoms with E-state index in [1.807, 2.05) is 0 Å². The van der Waals surface area contributed by atoms with Crippen LogP contribution in [0.2, 0.25) is 0 Å². The van der Waals surface area contributed by atoms with Gasteiger partial charge >= 0.3 is 0 Å². The molecule has 0 bridgehead atoms. The van der Waals surface area contributed by atoms with Crippen LogP contribution in [0.15, 0.2) is 30.3 Å². The summed E-state index contributed by atoms with van der Waals surface area (Å²) in [5.74, 6) is 2.50. The number of hydrogen-bond acceptors (Lipinski definition) is 2. The number of aromatic nitrogens is 3. The lowest BCUT2D eigenvalue weighted by molar-refractivity contribution is 0.524. The highest BCUT2D eigenvalue weighted by Crippen LogP contribution is 2.33. The Kier molecular flexibility index (Phi) is 2.51. The van der Waals surface area contributed by atoms with Gasteiger partial charge in [0.15, 0.2) is 5.82 Å². The molecule has 0 spiro atoms. The Morgan fingerprint density at radius 3 is 2.56 bits per heavy atom. The molecule has 2 aromatic rings. The van der Waals surface area contributed by atoms with E-state index in [-0.39, 0.29) is 5.41 Å². The zero-order valence-electron chi connectivity index (χ0n) is 11.2. The third-order valence-corrected chi connectivity index (χ3v) is 3.51. The highest BCUT2D eigenvalue weighted by atomic mass is 15.4. The molecule has 3 nitrogen and oxygen atoms in total. The van der Waals surface area contributed by atoms with E-state index in [9.17, 15) is 0 Å². The highest BCUT2D eigenvalue weighted by molar-refractivity contribution is 5.27. The topological polar surface area (TPSA) is 30.7 Å². The zero-order chi connectivity index (χ0) is 12.8. The lowest BCUT2D eigenvalue weighted by Gasteiger charge is -2.13. The minimum Gasteiger partial charge on any atom is -0.249 e. The van der Waals surface area contributed by atoms with Crippen LogP contribution in [0.25, 0.3) is 0 Å². The maximum atomic E-state index is 4.77. The molecule has 1 aliphatic rings. The predicted octanol–water partition coefficient (Wildman–Crippen LogP) is 3.11. The van der Waals surface area contributed by atoms with Gasteiger partial charge in [-0.05, 0) is 12.0 Å². The second-order valence-electron chi connectivity index (χ2n) is 6.02. The van der Waals surface area contributed by atoms with E-state index in [0.717, 1.165) is 24.6 Å². The van der Waals surface area contributed by atoms with Crippen LogP contribution in [0.3, 0.4) is 0 Å². The summed E-state index contributed by atoms with van der Waals surface area (Å²) in [5, 5.41) is 4.64. The molecule has 0 amide bonds. The molecule has 3 heteroatoms. The highest BCUT2D eigenvalue weighted by Gasteiger charge is 2.30.